The van der Waals surface area contributed by atoms with E-state index in [9.17, 15) is 9.90 Å². The summed E-state index contributed by atoms with van der Waals surface area (Å²) < 4.78 is 5.66. The van der Waals surface area contributed by atoms with Crippen molar-refractivity contribution in [2.45, 2.75) is 39.2 Å². The van der Waals surface area contributed by atoms with Crippen LogP contribution in [0.4, 0.5) is 0 Å². The molecule has 146 valence electrons. The van der Waals surface area contributed by atoms with Crippen molar-refractivity contribution in [3.8, 4) is 5.75 Å². The fraction of sp³-hybridized carbons (Fsp3) is 0.292. The van der Waals surface area contributed by atoms with Gasteiger partial charge in [0.1, 0.15) is 12.4 Å². The average Bonchev–Trinajstić information content (AvgIpc) is 2.65. The number of fused-ring (bicyclic) bond motifs is 1. The number of carboxylic acids is 1. The third-order valence-corrected chi connectivity index (χ3v) is 5.19. The molecule has 3 rings (SSSR count). The Kier molecular flexibility index (Phi) is 5.43. The topological polar surface area (TPSA) is 66.8 Å². The molecular weight excluding hydrogens is 352 g/mol. The minimum absolute atomic E-state index is 0.229. The average molecular weight is 378 g/mol. The largest absolute Gasteiger partial charge is 0.491 e. The molecule has 0 fully saturated rings. The van der Waals surface area contributed by atoms with E-state index in [1.54, 1.807) is 19.1 Å². The molecule has 0 bridgehead atoms. The molecule has 4 heteroatoms. The van der Waals surface area contributed by atoms with Crippen molar-refractivity contribution in [3.63, 3.8) is 0 Å². The van der Waals surface area contributed by atoms with Crippen LogP contribution in [0.5, 0.6) is 5.75 Å². The van der Waals surface area contributed by atoms with E-state index in [2.05, 4.69) is 38.1 Å². The van der Waals surface area contributed by atoms with Gasteiger partial charge in [-0.15, -0.1) is 0 Å². The molecule has 1 unspecified atom stereocenters. The lowest BCUT2D eigenvalue weighted by molar-refractivity contribution is 0.0697. The molecule has 4 nitrogen and oxygen atoms in total. The van der Waals surface area contributed by atoms with Crippen molar-refractivity contribution in [1.82, 2.24) is 0 Å². The van der Waals surface area contributed by atoms with E-state index >= 15 is 0 Å². The zero-order valence-corrected chi connectivity index (χ0v) is 16.7. The minimum Gasteiger partial charge on any atom is -0.491 e. The van der Waals surface area contributed by atoms with Gasteiger partial charge in [0.15, 0.2) is 0 Å². The van der Waals surface area contributed by atoms with Gasteiger partial charge in [0.2, 0.25) is 0 Å². The predicted octanol–water partition coefficient (Wildman–Crippen LogP) is 4.93. The summed E-state index contributed by atoms with van der Waals surface area (Å²) in [5, 5.41) is 20.5. The fourth-order valence-corrected chi connectivity index (χ4v) is 3.34. The van der Waals surface area contributed by atoms with Gasteiger partial charge < -0.3 is 14.9 Å². The Hall–Kier alpha value is -2.85. The predicted molar refractivity (Wildman–Crippen MR) is 111 cm³/mol. The lowest BCUT2D eigenvalue weighted by Gasteiger charge is -2.27. The molecule has 1 atom stereocenters. The standard InChI is InChI=1S/C24H26O4/c1-15-11-20(9-10-22(15)28-14-16(2)25)24(3,4)21-8-7-17-12-19(23(26)27)6-5-18(17)13-21/h5-13,16,25H,14H2,1-4H3,(H,26,27). The molecule has 28 heavy (non-hydrogen) atoms. The summed E-state index contributed by atoms with van der Waals surface area (Å²) in [4.78, 5) is 11.2. The van der Waals surface area contributed by atoms with Gasteiger partial charge in [-0.2, -0.15) is 0 Å². The molecule has 2 N–H and O–H groups in total. The van der Waals surface area contributed by atoms with Gasteiger partial charge in [-0.1, -0.05) is 50.2 Å². The van der Waals surface area contributed by atoms with Gasteiger partial charge in [0, 0.05) is 5.41 Å². The third-order valence-electron chi connectivity index (χ3n) is 5.19. The Morgan fingerprint density at radius 1 is 1.00 bits per heavy atom. The number of carboxylic acid groups (broad SMARTS) is 1. The lowest BCUT2D eigenvalue weighted by Crippen LogP contribution is -2.19. The molecule has 0 spiro atoms. The van der Waals surface area contributed by atoms with Crippen LogP contribution in [-0.4, -0.2) is 28.9 Å². The molecule has 0 radical (unpaired) electrons. The maximum absolute atomic E-state index is 11.2. The monoisotopic (exact) mass is 378 g/mol. The molecule has 0 aliphatic carbocycles. The van der Waals surface area contributed by atoms with E-state index in [4.69, 9.17) is 9.84 Å². The SMILES string of the molecule is Cc1cc(C(C)(C)c2ccc3cc(C(=O)O)ccc3c2)ccc1OCC(C)O. The number of benzene rings is 3. The quantitative estimate of drug-likeness (QED) is 0.638. The molecule has 0 aliphatic rings. The van der Waals surface area contributed by atoms with Crippen molar-refractivity contribution < 1.29 is 19.7 Å². The number of hydrogen-bond acceptors (Lipinski definition) is 3. The van der Waals surface area contributed by atoms with Crippen molar-refractivity contribution in [3.05, 3.63) is 76.9 Å². The van der Waals surface area contributed by atoms with Crippen LogP contribution in [0.15, 0.2) is 54.6 Å². The van der Waals surface area contributed by atoms with E-state index in [0.29, 0.717) is 5.56 Å². The van der Waals surface area contributed by atoms with Crippen molar-refractivity contribution in [2.24, 2.45) is 0 Å². The van der Waals surface area contributed by atoms with Crippen LogP contribution in [-0.2, 0) is 5.41 Å². The number of aliphatic hydroxyl groups is 1. The van der Waals surface area contributed by atoms with E-state index in [0.717, 1.165) is 33.2 Å². The number of ether oxygens (including phenoxy) is 1. The van der Waals surface area contributed by atoms with E-state index < -0.39 is 12.1 Å². The van der Waals surface area contributed by atoms with E-state index in [1.165, 1.54) is 0 Å². The van der Waals surface area contributed by atoms with Crippen LogP contribution in [0.3, 0.4) is 0 Å². The van der Waals surface area contributed by atoms with Crippen LogP contribution in [0.25, 0.3) is 10.8 Å². The van der Waals surface area contributed by atoms with Gasteiger partial charge in [-0.05, 0) is 59.5 Å². The van der Waals surface area contributed by atoms with Crippen LogP contribution in [0, 0.1) is 6.92 Å². The zero-order chi connectivity index (χ0) is 20.5. The first-order valence-corrected chi connectivity index (χ1v) is 9.38. The first-order chi connectivity index (χ1) is 13.2. The van der Waals surface area contributed by atoms with E-state index in [1.807, 2.05) is 25.1 Å². The Morgan fingerprint density at radius 3 is 2.25 bits per heavy atom. The number of carbonyl (C=O) groups is 1. The summed E-state index contributed by atoms with van der Waals surface area (Å²) in [6.45, 7) is 8.32. The van der Waals surface area contributed by atoms with Crippen LogP contribution in [0.1, 0.15) is 47.8 Å². The molecule has 0 saturated heterocycles. The molecule has 0 aromatic heterocycles. The summed E-state index contributed by atoms with van der Waals surface area (Å²) in [5.74, 6) is -0.139. The fourth-order valence-electron chi connectivity index (χ4n) is 3.34. The second-order valence-electron chi connectivity index (χ2n) is 7.85. The first kappa shape index (κ1) is 19.9. The molecule has 0 amide bonds. The lowest BCUT2D eigenvalue weighted by atomic mass is 9.77. The Bertz CT molecular complexity index is 1020. The van der Waals surface area contributed by atoms with Crippen LogP contribution in [0.2, 0.25) is 0 Å². The molecule has 3 aromatic carbocycles. The first-order valence-electron chi connectivity index (χ1n) is 9.38. The Morgan fingerprint density at radius 2 is 1.61 bits per heavy atom. The molecule has 0 aliphatic heterocycles. The van der Waals surface area contributed by atoms with Gasteiger partial charge in [0.05, 0.1) is 11.7 Å². The second-order valence-corrected chi connectivity index (χ2v) is 7.85. The van der Waals surface area contributed by atoms with Gasteiger partial charge in [-0.25, -0.2) is 4.79 Å². The van der Waals surface area contributed by atoms with Crippen LogP contribution >= 0.6 is 0 Å². The van der Waals surface area contributed by atoms with Crippen molar-refractivity contribution >= 4 is 16.7 Å². The minimum atomic E-state index is -0.917. The van der Waals surface area contributed by atoms with Gasteiger partial charge in [-0.3, -0.25) is 0 Å². The number of aliphatic hydroxyl groups excluding tert-OH is 1. The van der Waals surface area contributed by atoms with Gasteiger partial charge >= 0.3 is 5.97 Å². The Labute approximate surface area is 165 Å². The smallest absolute Gasteiger partial charge is 0.335 e. The van der Waals surface area contributed by atoms with Crippen molar-refractivity contribution in [2.75, 3.05) is 6.61 Å². The number of hydrogen-bond donors (Lipinski definition) is 2. The molecule has 0 heterocycles. The highest BCUT2D eigenvalue weighted by Gasteiger charge is 2.24. The summed E-state index contributed by atoms with van der Waals surface area (Å²) in [5.41, 5.74) is 3.41. The number of aromatic carboxylic acids is 1. The highest BCUT2D eigenvalue weighted by molar-refractivity contribution is 5.94. The third kappa shape index (κ3) is 4.02. The molecular formula is C24H26O4. The highest BCUT2D eigenvalue weighted by Crippen LogP contribution is 2.35. The molecule has 0 saturated carbocycles. The summed E-state index contributed by atoms with van der Waals surface area (Å²) >= 11 is 0. The molecule has 3 aromatic rings. The normalized spacial score (nSPS) is 12.8. The maximum atomic E-state index is 11.2. The number of rotatable bonds is 6. The highest BCUT2D eigenvalue weighted by atomic mass is 16.5. The zero-order valence-electron chi connectivity index (χ0n) is 16.7. The maximum Gasteiger partial charge on any atom is 0.335 e. The van der Waals surface area contributed by atoms with Gasteiger partial charge in [0.25, 0.3) is 0 Å². The summed E-state index contributed by atoms with van der Waals surface area (Å²) in [6, 6.07) is 17.5. The summed E-state index contributed by atoms with van der Waals surface area (Å²) in [6.07, 6.45) is -0.505. The van der Waals surface area contributed by atoms with Crippen LogP contribution < -0.4 is 4.74 Å². The number of aryl methyl sites for hydroxylation is 1. The Balaban J connectivity index is 1.94. The summed E-state index contributed by atoms with van der Waals surface area (Å²) in [7, 11) is 0. The second kappa shape index (κ2) is 7.64. The van der Waals surface area contributed by atoms with Crippen molar-refractivity contribution in [1.29, 1.82) is 0 Å². The van der Waals surface area contributed by atoms with E-state index in [-0.39, 0.29) is 12.0 Å².